The average molecular weight is 380 g/mol. The molecule has 1 aromatic rings. The number of hydrogen-bond donors (Lipinski definition) is 0. The van der Waals surface area contributed by atoms with Gasteiger partial charge in [-0.2, -0.15) is 4.39 Å². The lowest BCUT2D eigenvalue weighted by Gasteiger charge is -2.47. The van der Waals surface area contributed by atoms with E-state index in [4.69, 9.17) is 4.74 Å². The van der Waals surface area contributed by atoms with E-state index in [2.05, 4.69) is 6.92 Å². The van der Waals surface area contributed by atoms with Gasteiger partial charge in [-0.25, -0.2) is 4.39 Å². The van der Waals surface area contributed by atoms with E-state index in [0.29, 0.717) is 18.1 Å². The summed E-state index contributed by atoms with van der Waals surface area (Å²) in [7, 11) is -0.197. The summed E-state index contributed by atoms with van der Waals surface area (Å²) in [5, 5.41) is 0. The van der Waals surface area contributed by atoms with Crippen molar-refractivity contribution in [2.75, 3.05) is 6.61 Å². The van der Waals surface area contributed by atoms with Gasteiger partial charge in [0.05, 0.1) is 6.61 Å². The first-order valence-electron chi connectivity index (χ1n) is 10.6. The van der Waals surface area contributed by atoms with Crippen LogP contribution >= 0.6 is 0 Å². The standard InChI is InChI=1S/C22H33F2OSi/c1-3-14-26-15-10-17(11-16-26)22(12-6-5-7-13-22)18-8-9-19(25-4-2)21(24)20(18)23/h8-9,17H,3-7,10-16H2,1-2H3. The van der Waals surface area contributed by atoms with Gasteiger partial charge in [-0.1, -0.05) is 69.6 Å². The van der Waals surface area contributed by atoms with Crippen molar-refractivity contribution in [1.82, 2.24) is 0 Å². The Balaban J connectivity index is 1.90. The molecule has 1 heterocycles. The van der Waals surface area contributed by atoms with Gasteiger partial charge in [0.1, 0.15) is 0 Å². The Kier molecular flexibility index (Phi) is 6.76. The molecule has 0 bridgehead atoms. The first-order chi connectivity index (χ1) is 12.6. The van der Waals surface area contributed by atoms with Crippen LogP contribution < -0.4 is 4.74 Å². The zero-order chi connectivity index (χ0) is 18.6. The van der Waals surface area contributed by atoms with Gasteiger partial charge < -0.3 is 4.74 Å². The number of benzene rings is 1. The predicted octanol–water partition coefficient (Wildman–Crippen LogP) is 6.88. The van der Waals surface area contributed by atoms with Crippen molar-refractivity contribution in [3.63, 3.8) is 0 Å². The molecule has 0 N–H and O–H groups in total. The van der Waals surface area contributed by atoms with Crippen molar-refractivity contribution in [1.29, 1.82) is 0 Å². The highest BCUT2D eigenvalue weighted by Gasteiger charge is 2.44. The summed E-state index contributed by atoms with van der Waals surface area (Å²) in [6.07, 6.45) is 9.24. The van der Waals surface area contributed by atoms with E-state index in [-0.39, 0.29) is 20.0 Å². The number of rotatable bonds is 6. The van der Waals surface area contributed by atoms with Crippen molar-refractivity contribution in [2.45, 2.75) is 88.8 Å². The molecule has 0 atom stereocenters. The van der Waals surface area contributed by atoms with Crippen molar-refractivity contribution in [3.8, 4) is 5.75 Å². The van der Waals surface area contributed by atoms with E-state index < -0.39 is 11.6 Å². The van der Waals surface area contributed by atoms with E-state index in [1.54, 1.807) is 13.0 Å². The third-order valence-corrected chi connectivity index (χ3v) is 9.91. The lowest BCUT2D eigenvalue weighted by Crippen LogP contribution is -2.41. The lowest BCUT2D eigenvalue weighted by molar-refractivity contribution is 0.167. The van der Waals surface area contributed by atoms with Crippen LogP contribution in [0.1, 0.15) is 70.8 Å². The molecule has 1 saturated heterocycles. The molecule has 26 heavy (non-hydrogen) atoms. The highest BCUT2D eigenvalue weighted by molar-refractivity contribution is 6.58. The number of hydrogen-bond acceptors (Lipinski definition) is 1. The summed E-state index contributed by atoms with van der Waals surface area (Å²) in [4.78, 5) is 0. The van der Waals surface area contributed by atoms with Gasteiger partial charge in [0.2, 0.25) is 5.82 Å². The zero-order valence-electron chi connectivity index (χ0n) is 16.4. The second-order valence-corrected chi connectivity index (χ2v) is 11.2. The summed E-state index contributed by atoms with van der Waals surface area (Å²) in [6.45, 7) is 4.43. The van der Waals surface area contributed by atoms with Crippen molar-refractivity contribution < 1.29 is 13.5 Å². The second-order valence-electron chi connectivity index (χ2n) is 8.16. The largest absolute Gasteiger partial charge is 0.491 e. The van der Waals surface area contributed by atoms with Gasteiger partial charge in [0.15, 0.2) is 11.6 Å². The molecule has 1 aliphatic heterocycles. The van der Waals surface area contributed by atoms with E-state index in [1.165, 1.54) is 43.8 Å². The van der Waals surface area contributed by atoms with E-state index >= 15 is 4.39 Å². The predicted molar refractivity (Wildman–Crippen MR) is 105 cm³/mol. The minimum Gasteiger partial charge on any atom is -0.491 e. The Hall–Kier alpha value is -0.903. The molecule has 0 spiro atoms. The molecule has 0 amide bonds. The Bertz CT molecular complexity index is 590. The molecule has 3 rings (SSSR count). The third kappa shape index (κ3) is 3.85. The third-order valence-electron chi connectivity index (χ3n) is 6.71. The minimum atomic E-state index is -0.791. The number of halogens is 2. The summed E-state index contributed by atoms with van der Waals surface area (Å²) in [5.74, 6) is -0.875. The maximum atomic E-state index is 15.1. The summed E-state index contributed by atoms with van der Waals surface area (Å²) >= 11 is 0. The van der Waals surface area contributed by atoms with Crippen LogP contribution in [0.4, 0.5) is 8.78 Å². The van der Waals surface area contributed by atoms with Crippen LogP contribution in [0, 0.1) is 17.6 Å². The van der Waals surface area contributed by atoms with Gasteiger partial charge in [-0.3, -0.25) is 0 Å². The Morgan fingerprint density at radius 2 is 1.73 bits per heavy atom. The Labute approximate surface area is 159 Å². The minimum absolute atomic E-state index is 0.0526. The molecule has 1 saturated carbocycles. The molecule has 2 fully saturated rings. The van der Waals surface area contributed by atoms with Crippen LogP contribution in [-0.2, 0) is 5.41 Å². The highest BCUT2D eigenvalue weighted by atomic mass is 28.3. The van der Waals surface area contributed by atoms with E-state index in [0.717, 1.165) is 25.7 Å². The maximum absolute atomic E-state index is 15.1. The van der Waals surface area contributed by atoms with Crippen LogP contribution in [0.15, 0.2) is 12.1 Å². The summed E-state index contributed by atoms with van der Waals surface area (Å²) in [5.41, 5.74) is 0.474. The molecule has 1 aromatic carbocycles. The topological polar surface area (TPSA) is 9.23 Å². The summed E-state index contributed by atoms with van der Waals surface area (Å²) in [6, 6.07) is 7.61. The molecule has 0 unspecified atom stereocenters. The van der Waals surface area contributed by atoms with Gasteiger partial charge in [-0.15, -0.1) is 0 Å². The quantitative estimate of drug-likeness (QED) is 0.489. The van der Waals surface area contributed by atoms with Crippen LogP contribution in [-0.4, -0.2) is 15.4 Å². The summed E-state index contributed by atoms with van der Waals surface area (Å²) < 4.78 is 35.0. The average Bonchev–Trinajstić information content (AvgIpc) is 2.67. The zero-order valence-corrected chi connectivity index (χ0v) is 17.4. The lowest BCUT2D eigenvalue weighted by atomic mass is 9.60. The smallest absolute Gasteiger partial charge is 0.200 e. The monoisotopic (exact) mass is 379 g/mol. The molecular formula is C22H33F2OSi. The molecular weight excluding hydrogens is 346 g/mol. The molecule has 4 heteroatoms. The molecule has 145 valence electrons. The molecule has 1 radical (unpaired) electrons. The maximum Gasteiger partial charge on any atom is 0.200 e. The molecule has 1 aliphatic carbocycles. The van der Waals surface area contributed by atoms with Crippen LogP contribution in [0.5, 0.6) is 5.75 Å². The SMILES string of the molecule is CCC[Si]1CCC(C2(c3ccc(OCC)c(F)c3F)CCCCC2)CC1. The fourth-order valence-corrected chi connectivity index (χ4v) is 8.42. The van der Waals surface area contributed by atoms with Crippen LogP contribution in [0.25, 0.3) is 0 Å². The van der Waals surface area contributed by atoms with Crippen LogP contribution in [0.3, 0.4) is 0 Å². The second kappa shape index (κ2) is 8.86. The normalized spacial score (nSPS) is 21.7. The van der Waals surface area contributed by atoms with E-state index in [1.807, 2.05) is 6.07 Å². The Morgan fingerprint density at radius 3 is 2.35 bits per heavy atom. The Morgan fingerprint density at radius 1 is 1.04 bits per heavy atom. The van der Waals surface area contributed by atoms with Gasteiger partial charge in [0.25, 0.3) is 0 Å². The fourth-order valence-electron chi connectivity index (χ4n) is 5.45. The van der Waals surface area contributed by atoms with Crippen LogP contribution in [0.2, 0.25) is 18.1 Å². The van der Waals surface area contributed by atoms with E-state index in [9.17, 15) is 4.39 Å². The van der Waals surface area contributed by atoms with Gasteiger partial charge in [-0.05, 0) is 37.3 Å². The van der Waals surface area contributed by atoms with Gasteiger partial charge in [0, 0.05) is 14.2 Å². The fraction of sp³-hybridized carbons (Fsp3) is 0.727. The highest BCUT2D eigenvalue weighted by Crippen LogP contribution is 2.51. The van der Waals surface area contributed by atoms with Crippen molar-refractivity contribution in [3.05, 3.63) is 29.3 Å². The molecule has 0 aromatic heterocycles. The molecule has 1 nitrogen and oxygen atoms in total. The molecule has 2 aliphatic rings. The number of ether oxygens (including phenoxy) is 1. The van der Waals surface area contributed by atoms with Gasteiger partial charge >= 0.3 is 0 Å². The van der Waals surface area contributed by atoms with Crippen molar-refractivity contribution in [2.24, 2.45) is 5.92 Å². The first kappa shape index (κ1) is 19.8. The first-order valence-corrected chi connectivity index (χ1v) is 12.7. The van der Waals surface area contributed by atoms with Crippen molar-refractivity contribution >= 4 is 8.80 Å².